The van der Waals surface area contributed by atoms with Crippen LogP contribution < -0.4 is 5.32 Å². The number of carbonyl (C=O) groups excluding carboxylic acids is 1. The molecular formula is C23H29N5O3S2. The summed E-state index contributed by atoms with van der Waals surface area (Å²) < 4.78 is 27.8. The van der Waals surface area contributed by atoms with Crippen LogP contribution in [0.25, 0.3) is 0 Å². The van der Waals surface area contributed by atoms with E-state index in [9.17, 15) is 13.2 Å². The average Bonchev–Trinajstić information content (AvgIpc) is 2.86. The van der Waals surface area contributed by atoms with Crippen molar-refractivity contribution in [1.29, 1.82) is 0 Å². The largest absolute Gasteiger partial charge is 0.382 e. The van der Waals surface area contributed by atoms with Gasteiger partial charge in [0.25, 0.3) is 10.0 Å². The Morgan fingerprint density at radius 2 is 2.00 bits per heavy atom. The van der Waals surface area contributed by atoms with E-state index in [2.05, 4.69) is 26.0 Å². The topological polar surface area (TPSA) is 104 Å². The molecule has 1 aromatic carbocycles. The minimum absolute atomic E-state index is 0.00626. The number of urea groups is 1. The highest BCUT2D eigenvalue weighted by Crippen LogP contribution is 2.46. The molecule has 0 saturated heterocycles. The first-order valence-corrected chi connectivity index (χ1v) is 12.8. The van der Waals surface area contributed by atoms with E-state index < -0.39 is 16.1 Å². The fourth-order valence-electron chi connectivity index (χ4n) is 4.55. The second-order valence-corrected chi connectivity index (χ2v) is 10.2. The molecule has 2 aromatic rings. The molecule has 33 heavy (non-hydrogen) atoms. The highest BCUT2D eigenvalue weighted by atomic mass is 32.2. The molecule has 1 fully saturated rings. The van der Waals surface area contributed by atoms with Crippen LogP contribution in [0.3, 0.4) is 0 Å². The number of carbonyl (C=O) groups is 1. The van der Waals surface area contributed by atoms with Crippen LogP contribution >= 0.6 is 12.2 Å². The van der Waals surface area contributed by atoms with Gasteiger partial charge in [-0.05, 0) is 53.5 Å². The quantitative estimate of drug-likeness (QED) is 0.460. The fraction of sp³-hybridized carbons (Fsp3) is 0.435. The van der Waals surface area contributed by atoms with Crippen LogP contribution in [-0.2, 0) is 15.4 Å². The van der Waals surface area contributed by atoms with Crippen molar-refractivity contribution in [3.63, 3.8) is 0 Å². The monoisotopic (exact) mass is 487 g/mol. The van der Waals surface area contributed by atoms with Crippen molar-refractivity contribution in [2.45, 2.75) is 42.4 Å². The van der Waals surface area contributed by atoms with Crippen LogP contribution in [0.4, 0.5) is 4.79 Å². The van der Waals surface area contributed by atoms with Gasteiger partial charge < -0.3 is 10.2 Å². The molecule has 1 heterocycles. The number of nitrogens with zero attached hydrogens (tertiary/aromatic N) is 4. The zero-order valence-electron chi connectivity index (χ0n) is 18.8. The number of amides is 2. The number of likely N-dealkylation sites (N-methyl/N-ethyl adjacent to an activating group) is 1. The molecule has 0 spiro atoms. The first kappa shape index (κ1) is 24.9. The number of hydrogen-bond donors (Lipinski definition) is 1. The van der Waals surface area contributed by atoms with Crippen molar-refractivity contribution >= 4 is 33.3 Å². The SMILES string of the molecule is CNC(=S)C1(c2cccnc2)CCCCC1CCN(C)C(=O)/N=N/S(=O)(=O)c1ccccc1. The van der Waals surface area contributed by atoms with Crippen LogP contribution in [0.2, 0.25) is 0 Å². The minimum atomic E-state index is -4.02. The lowest BCUT2D eigenvalue weighted by molar-refractivity contribution is 0.195. The Hall–Kier alpha value is -2.72. The van der Waals surface area contributed by atoms with E-state index >= 15 is 0 Å². The molecule has 0 bridgehead atoms. The smallest absolute Gasteiger partial charge is 0.362 e. The summed E-state index contributed by atoms with van der Waals surface area (Å²) in [6.07, 6.45) is 8.36. The molecular weight excluding hydrogens is 458 g/mol. The predicted molar refractivity (Wildman–Crippen MR) is 131 cm³/mol. The second kappa shape index (κ2) is 10.9. The molecule has 3 rings (SSSR count). The van der Waals surface area contributed by atoms with E-state index in [0.717, 1.165) is 36.2 Å². The third kappa shape index (κ3) is 5.62. The number of benzene rings is 1. The van der Waals surface area contributed by atoms with E-state index in [0.29, 0.717) is 13.0 Å². The van der Waals surface area contributed by atoms with Crippen LogP contribution in [0.1, 0.15) is 37.7 Å². The number of pyridine rings is 1. The van der Waals surface area contributed by atoms with Crippen molar-refractivity contribution in [1.82, 2.24) is 15.2 Å². The van der Waals surface area contributed by atoms with Gasteiger partial charge in [-0.1, -0.05) is 54.4 Å². The Morgan fingerprint density at radius 3 is 2.67 bits per heavy atom. The van der Waals surface area contributed by atoms with E-state index in [4.69, 9.17) is 12.2 Å². The zero-order chi connectivity index (χ0) is 23.9. The third-order valence-electron chi connectivity index (χ3n) is 6.29. The lowest BCUT2D eigenvalue weighted by Gasteiger charge is -2.45. The Bertz CT molecular complexity index is 1090. The molecule has 8 nitrogen and oxygen atoms in total. The van der Waals surface area contributed by atoms with Gasteiger partial charge in [-0.15, -0.1) is 0 Å². The Morgan fingerprint density at radius 1 is 1.24 bits per heavy atom. The predicted octanol–water partition coefficient (Wildman–Crippen LogP) is 4.34. The Labute approximate surface area is 200 Å². The summed E-state index contributed by atoms with van der Waals surface area (Å²) in [7, 11) is -0.574. The molecule has 176 valence electrons. The summed E-state index contributed by atoms with van der Waals surface area (Å²) in [5.41, 5.74) is 0.732. The molecule has 2 unspecified atom stereocenters. The minimum Gasteiger partial charge on any atom is -0.382 e. The van der Waals surface area contributed by atoms with Gasteiger partial charge in [-0.3, -0.25) is 4.98 Å². The zero-order valence-corrected chi connectivity index (χ0v) is 20.5. The van der Waals surface area contributed by atoms with E-state index in [1.165, 1.54) is 17.0 Å². The molecule has 1 aromatic heterocycles. The number of aromatic nitrogens is 1. The van der Waals surface area contributed by atoms with Gasteiger partial charge in [-0.2, -0.15) is 8.42 Å². The molecule has 2 amide bonds. The van der Waals surface area contributed by atoms with Crippen molar-refractivity contribution in [3.05, 3.63) is 60.4 Å². The van der Waals surface area contributed by atoms with Crippen molar-refractivity contribution in [3.8, 4) is 0 Å². The van der Waals surface area contributed by atoms with Crippen LogP contribution in [0.15, 0.2) is 69.4 Å². The first-order chi connectivity index (χ1) is 15.8. The fourth-order valence-corrected chi connectivity index (χ4v) is 5.70. The Balaban J connectivity index is 1.72. The van der Waals surface area contributed by atoms with Crippen LogP contribution in [0.5, 0.6) is 0 Å². The Kier molecular flexibility index (Phi) is 8.25. The van der Waals surface area contributed by atoms with Gasteiger partial charge in [0.1, 0.15) is 0 Å². The second-order valence-electron chi connectivity index (χ2n) is 8.20. The van der Waals surface area contributed by atoms with Crippen molar-refractivity contribution in [2.75, 3.05) is 20.6 Å². The molecule has 0 radical (unpaired) electrons. The standard InChI is InChI=1S/C23H29N5O3S2/c1-24-21(32)23(19-10-8-15-25-17-19)14-7-6-9-18(23)13-16-28(2)22(29)26-27-33(30,31)20-11-4-3-5-12-20/h3-5,8,10-12,15,17-18H,6-7,9,13-14,16H2,1-2H3,(H,24,32)/b27-26+. The third-order valence-corrected chi connectivity index (χ3v) is 8.03. The van der Waals surface area contributed by atoms with Crippen LogP contribution in [-0.4, -0.2) is 50.0 Å². The van der Waals surface area contributed by atoms with Crippen molar-refractivity contribution < 1.29 is 13.2 Å². The molecule has 10 heteroatoms. The average molecular weight is 488 g/mol. The van der Waals surface area contributed by atoms with Gasteiger partial charge in [0, 0.05) is 38.4 Å². The van der Waals surface area contributed by atoms with Gasteiger partial charge in [-0.25, -0.2) is 4.79 Å². The summed E-state index contributed by atoms with van der Waals surface area (Å²) in [5.74, 6) is 0.204. The highest BCUT2D eigenvalue weighted by Gasteiger charge is 2.45. The number of hydrogen-bond acceptors (Lipinski definition) is 5. The summed E-state index contributed by atoms with van der Waals surface area (Å²) in [5, 5.41) is 6.65. The highest BCUT2D eigenvalue weighted by molar-refractivity contribution is 7.90. The summed E-state index contributed by atoms with van der Waals surface area (Å²) in [4.78, 5) is 19.0. The number of nitrogens with one attached hydrogen (secondary N) is 1. The summed E-state index contributed by atoms with van der Waals surface area (Å²) in [6.45, 7) is 0.405. The first-order valence-electron chi connectivity index (χ1n) is 10.9. The molecule has 1 N–H and O–H groups in total. The van der Waals surface area contributed by atoms with Gasteiger partial charge in [0.05, 0.1) is 9.88 Å². The number of rotatable bonds is 7. The molecule has 1 aliphatic rings. The number of thiocarbonyl (C=S) groups is 1. The maximum Gasteiger partial charge on any atom is 0.362 e. The van der Waals surface area contributed by atoms with Gasteiger partial charge in [0.2, 0.25) is 0 Å². The molecule has 0 aliphatic heterocycles. The lowest BCUT2D eigenvalue weighted by atomic mass is 9.61. The maximum atomic E-state index is 12.5. The summed E-state index contributed by atoms with van der Waals surface area (Å²) >= 11 is 5.79. The van der Waals surface area contributed by atoms with Gasteiger partial charge in [0.15, 0.2) is 0 Å². The lowest BCUT2D eigenvalue weighted by Crippen LogP contribution is -2.50. The van der Waals surface area contributed by atoms with E-state index in [1.54, 1.807) is 31.4 Å². The van der Waals surface area contributed by atoms with E-state index in [-0.39, 0.29) is 16.2 Å². The number of sulfonamides is 1. The maximum absolute atomic E-state index is 12.5. The molecule has 1 aliphatic carbocycles. The normalized spacial score (nSPS) is 21.0. The molecule has 2 atom stereocenters. The van der Waals surface area contributed by atoms with Crippen LogP contribution in [0, 0.1) is 5.92 Å². The summed E-state index contributed by atoms with van der Waals surface area (Å²) in [6, 6.07) is 11.0. The van der Waals surface area contributed by atoms with Crippen molar-refractivity contribution in [2.24, 2.45) is 15.6 Å². The van der Waals surface area contributed by atoms with E-state index in [1.807, 2.05) is 19.3 Å². The molecule has 1 saturated carbocycles. The van der Waals surface area contributed by atoms with Gasteiger partial charge >= 0.3 is 6.03 Å².